The van der Waals surface area contributed by atoms with Crippen LogP contribution >= 0.6 is 0 Å². The van der Waals surface area contributed by atoms with Crippen molar-refractivity contribution >= 4 is 22.7 Å². The molecule has 0 aromatic heterocycles. The third kappa shape index (κ3) is 2.36. The van der Waals surface area contributed by atoms with Crippen molar-refractivity contribution in [1.82, 2.24) is 10.2 Å². The molecule has 2 fully saturated rings. The number of hydrogen-bond acceptors (Lipinski definition) is 3. The van der Waals surface area contributed by atoms with Crippen molar-refractivity contribution < 1.29 is 14.3 Å². The normalized spacial score (nSPS) is 27.0. The summed E-state index contributed by atoms with van der Waals surface area (Å²) in [7, 11) is 0. The first-order valence-electron chi connectivity index (χ1n) is 8.33. The van der Waals surface area contributed by atoms with E-state index < -0.39 is 5.54 Å². The molecule has 124 valence electrons. The van der Waals surface area contributed by atoms with Crippen molar-refractivity contribution in [2.75, 3.05) is 13.2 Å². The Kier molecular flexibility index (Phi) is 3.53. The van der Waals surface area contributed by atoms with E-state index in [9.17, 15) is 9.59 Å². The van der Waals surface area contributed by atoms with Crippen molar-refractivity contribution in [1.29, 1.82) is 0 Å². The molecule has 0 spiro atoms. The van der Waals surface area contributed by atoms with Gasteiger partial charge < -0.3 is 10.1 Å². The third-order valence-electron chi connectivity index (χ3n) is 5.01. The quantitative estimate of drug-likeness (QED) is 0.883. The predicted octanol–water partition coefficient (Wildman–Crippen LogP) is 2.79. The highest BCUT2D eigenvalue weighted by atomic mass is 16.5. The second kappa shape index (κ2) is 5.60. The Bertz CT molecular complexity index is 813. The Morgan fingerprint density at radius 3 is 2.75 bits per heavy atom. The average Bonchev–Trinajstić information content (AvgIpc) is 3.18. The molecule has 2 heterocycles. The minimum Gasteiger partial charge on any atom is -0.376 e. The number of ether oxygens (including phenoxy) is 1. The van der Waals surface area contributed by atoms with Crippen LogP contribution in [-0.4, -0.2) is 36.1 Å². The van der Waals surface area contributed by atoms with E-state index in [0.29, 0.717) is 13.2 Å². The number of benzene rings is 2. The van der Waals surface area contributed by atoms with Crippen molar-refractivity contribution in [2.45, 2.75) is 31.4 Å². The molecule has 5 heteroatoms. The maximum atomic E-state index is 12.9. The highest BCUT2D eigenvalue weighted by Crippen LogP contribution is 2.31. The molecule has 2 atom stereocenters. The van der Waals surface area contributed by atoms with Crippen molar-refractivity contribution in [2.24, 2.45) is 0 Å². The lowest BCUT2D eigenvalue weighted by Crippen LogP contribution is -2.42. The summed E-state index contributed by atoms with van der Waals surface area (Å²) in [5, 5.41) is 5.03. The van der Waals surface area contributed by atoms with Crippen LogP contribution in [-0.2, 0) is 15.1 Å². The second-order valence-corrected chi connectivity index (χ2v) is 6.67. The molecule has 4 rings (SSSR count). The first kappa shape index (κ1) is 15.1. The second-order valence-electron chi connectivity index (χ2n) is 6.67. The van der Waals surface area contributed by atoms with Gasteiger partial charge in [0.05, 0.1) is 12.6 Å². The zero-order valence-electron chi connectivity index (χ0n) is 13.6. The van der Waals surface area contributed by atoms with Crippen LogP contribution < -0.4 is 5.32 Å². The van der Waals surface area contributed by atoms with E-state index in [1.54, 1.807) is 6.92 Å². The molecule has 24 heavy (non-hydrogen) atoms. The largest absolute Gasteiger partial charge is 0.376 e. The van der Waals surface area contributed by atoms with Crippen LogP contribution in [0.3, 0.4) is 0 Å². The fourth-order valence-electron chi connectivity index (χ4n) is 3.55. The van der Waals surface area contributed by atoms with E-state index in [1.807, 2.05) is 42.5 Å². The number of rotatable bonds is 3. The molecule has 2 aromatic rings. The van der Waals surface area contributed by atoms with Crippen LogP contribution in [0.1, 0.15) is 25.3 Å². The van der Waals surface area contributed by atoms with Gasteiger partial charge in [-0.15, -0.1) is 0 Å². The number of fused-ring (bicyclic) bond motifs is 1. The van der Waals surface area contributed by atoms with Gasteiger partial charge in [-0.2, -0.15) is 0 Å². The molecule has 2 saturated heterocycles. The van der Waals surface area contributed by atoms with Gasteiger partial charge in [0.15, 0.2) is 0 Å². The number of carbonyl (C=O) groups is 2. The summed E-state index contributed by atoms with van der Waals surface area (Å²) in [6.07, 6.45) is 1.83. The molecule has 0 aliphatic carbocycles. The van der Waals surface area contributed by atoms with Gasteiger partial charge in [-0.1, -0.05) is 36.4 Å². The first-order valence-corrected chi connectivity index (χ1v) is 8.33. The molecule has 3 amide bonds. The van der Waals surface area contributed by atoms with Gasteiger partial charge in [-0.3, -0.25) is 9.69 Å². The minimum atomic E-state index is -1.03. The number of carbonyl (C=O) groups excluding carboxylic acids is 2. The van der Waals surface area contributed by atoms with Gasteiger partial charge in [-0.25, -0.2) is 4.79 Å². The Hall–Kier alpha value is -2.40. The lowest BCUT2D eigenvalue weighted by atomic mass is 9.90. The Balaban J connectivity index is 1.65. The topological polar surface area (TPSA) is 58.6 Å². The summed E-state index contributed by atoms with van der Waals surface area (Å²) in [4.78, 5) is 26.6. The molecule has 0 radical (unpaired) electrons. The Labute approximate surface area is 140 Å². The molecule has 2 aliphatic heterocycles. The molecule has 2 aliphatic rings. The average molecular weight is 324 g/mol. The number of nitrogens with one attached hydrogen (secondary N) is 1. The Morgan fingerprint density at radius 1 is 1.21 bits per heavy atom. The number of urea groups is 1. The summed E-state index contributed by atoms with van der Waals surface area (Å²) in [5.74, 6) is -0.210. The van der Waals surface area contributed by atoms with E-state index in [2.05, 4.69) is 5.32 Å². The van der Waals surface area contributed by atoms with E-state index in [1.165, 1.54) is 4.90 Å². The summed E-state index contributed by atoms with van der Waals surface area (Å²) in [6.45, 7) is 2.80. The van der Waals surface area contributed by atoms with Crippen molar-refractivity contribution in [3.63, 3.8) is 0 Å². The van der Waals surface area contributed by atoms with Crippen molar-refractivity contribution in [3.05, 3.63) is 48.0 Å². The molecule has 1 N–H and O–H groups in total. The van der Waals surface area contributed by atoms with Crippen LogP contribution in [0, 0.1) is 0 Å². The van der Waals surface area contributed by atoms with Crippen LogP contribution in [0.2, 0.25) is 0 Å². The summed E-state index contributed by atoms with van der Waals surface area (Å²) >= 11 is 0. The molecular weight excluding hydrogens is 304 g/mol. The number of amides is 3. The highest BCUT2D eigenvalue weighted by Gasteiger charge is 2.49. The van der Waals surface area contributed by atoms with E-state index in [0.717, 1.165) is 29.2 Å². The zero-order chi connectivity index (χ0) is 16.7. The van der Waals surface area contributed by atoms with Gasteiger partial charge in [0, 0.05) is 6.61 Å². The summed E-state index contributed by atoms with van der Waals surface area (Å²) in [5.41, 5.74) is -0.228. The monoisotopic (exact) mass is 324 g/mol. The van der Waals surface area contributed by atoms with Gasteiger partial charge in [0.1, 0.15) is 5.54 Å². The molecule has 2 aromatic carbocycles. The fourth-order valence-corrected chi connectivity index (χ4v) is 3.55. The zero-order valence-corrected chi connectivity index (χ0v) is 13.6. The highest BCUT2D eigenvalue weighted by molar-refractivity contribution is 6.07. The van der Waals surface area contributed by atoms with E-state index in [4.69, 9.17) is 4.74 Å². The van der Waals surface area contributed by atoms with Gasteiger partial charge in [-0.05, 0) is 42.2 Å². The van der Waals surface area contributed by atoms with Gasteiger partial charge >= 0.3 is 6.03 Å². The first-order chi connectivity index (χ1) is 11.6. The van der Waals surface area contributed by atoms with E-state index in [-0.39, 0.29) is 18.0 Å². The minimum absolute atomic E-state index is 0.0429. The number of nitrogens with zero attached hydrogens (tertiary/aromatic N) is 1. The lowest BCUT2D eigenvalue weighted by Gasteiger charge is -2.23. The molecule has 0 unspecified atom stereocenters. The predicted molar refractivity (Wildman–Crippen MR) is 90.5 cm³/mol. The van der Waals surface area contributed by atoms with Crippen LogP contribution in [0.4, 0.5) is 4.79 Å². The maximum absolute atomic E-state index is 12.9. The fraction of sp³-hybridized carbons (Fsp3) is 0.368. The molecule has 5 nitrogen and oxygen atoms in total. The van der Waals surface area contributed by atoms with Gasteiger partial charge in [0.2, 0.25) is 0 Å². The van der Waals surface area contributed by atoms with E-state index >= 15 is 0 Å². The molecule has 0 saturated carbocycles. The lowest BCUT2D eigenvalue weighted by molar-refractivity contribution is -0.132. The number of imide groups is 1. The summed E-state index contributed by atoms with van der Waals surface area (Å²) in [6, 6.07) is 13.5. The molecule has 0 bridgehead atoms. The van der Waals surface area contributed by atoms with Crippen LogP contribution in [0.5, 0.6) is 0 Å². The molecular formula is C19H20N2O3. The Morgan fingerprint density at radius 2 is 2.00 bits per heavy atom. The van der Waals surface area contributed by atoms with Crippen LogP contribution in [0.15, 0.2) is 42.5 Å². The van der Waals surface area contributed by atoms with Gasteiger partial charge in [0.25, 0.3) is 5.91 Å². The van der Waals surface area contributed by atoms with Crippen LogP contribution in [0.25, 0.3) is 10.8 Å². The van der Waals surface area contributed by atoms with Crippen molar-refractivity contribution in [3.8, 4) is 0 Å². The standard InChI is InChI=1S/C19H20N2O3/c1-19(15-9-8-13-5-2-3-6-14(13)11-15)17(22)21(18(23)20-19)12-16-7-4-10-24-16/h2-3,5-6,8-9,11,16H,4,7,10,12H2,1H3,(H,20,23)/t16-,19-/m1/s1. The smallest absolute Gasteiger partial charge is 0.325 e. The summed E-state index contributed by atoms with van der Waals surface area (Å²) < 4.78 is 5.57. The number of hydrogen-bond donors (Lipinski definition) is 1. The third-order valence-corrected chi connectivity index (χ3v) is 5.01. The SMILES string of the molecule is C[C@]1(c2ccc3ccccc3c2)NC(=O)N(C[C@H]2CCCO2)C1=O. The maximum Gasteiger partial charge on any atom is 0.325 e.